The Kier molecular flexibility index (Phi) is 9.41. The molecule has 4 rings (SSSR count). The summed E-state index contributed by atoms with van der Waals surface area (Å²) in [5.74, 6) is 0.0964. The van der Waals surface area contributed by atoms with E-state index in [4.69, 9.17) is 14.2 Å². The monoisotopic (exact) mass is 575 g/mol. The van der Waals surface area contributed by atoms with Crippen LogP contribution in [0.15, 0.2) is 46.3 Å². The number of benzene rings is 2. The Balaban J connectivity index is 1.65. The highest BCUT2D eigenvalue weighted by Gasteiger charge is 2.24. The van der Waals surface area contributed by atoms with Gasteiger partial charge in [0.05, 0.1) is 21.7 Å². The summed E-state index contributed by atoms with van der Waals surface area (Å²) >= 11 is 1.23. The maximum atomic E-state index is 13.3. The molecule has 2 heterocycles. The van der Waals surface area contributed by atoms with Gasteiger partial charge < -0.3 is 18.8 Å². The summed E-state index contributed by atoms with van der Waals surface area (Å²) in [7, 11) is -3.68. The Bertz CT molecular complexity index is 1500. The third kappa shape index (κ3) is 6.51. The molecule has 10 nitrogen and oxygen atoms in total. The third-order valence-electron chi connectivity index (χ3n) is 6.23. The maximum Gasteiger partial charge on any atom is 0.326 e. The predicted molar refractivity (Wildman–Crippen MR) is 147 cm³/mol. The standard InChI is InChI=1S/C27H33N3O7S2/c1-4-7-13-29(14-8-5-2)39(33,34)20-11-9-19(10-12-20)26(32)28-27-30(17-25(31)35-6-3)21-15-22-23(37-18-36-22)16-24(21)38-27/h9-12,15-16H,4-8,13-14,17-18H2,1-3H3. The average Bonchev–Trinajstić information content (AvgIpc) is 3.51. The van der Waals surface area contributed by atoms with Crippen molar-refractivity contribution in [3.8, 4) is 11.5 Å². The van der Waals surface area contributed by atoms with Gasteiger partial charge in [-0.2, -0.15) is 9.30 Å². The molecule has 0 atom stereocenters. The van der Waals surface area contributed by atoms with Crippen LogP contribution < -0.4 is 14.3 Å². The van der Waals surface area contributed by atoms with E-state index in [1.54, 1.807) is 23.6 Å². The van der Waals surface area contributed by atoms with E-state index in [9.17, 15) is 18.0 Å². The zero-order valence-corrected chi connectivity index (χ0v) is 24.0. The Morgan fingerprint density at radius 2 is 1.67 bits per heavy atom. The first kappa shape index (κ1) is 28.8. The summed E-state index contributed by atoms with van der Waals surface area (Å²) in [4.78, 5) is 30.2. The molecule has 0 unspecified atom stereocenters. The van der Waals surface area contributed by atoms with Crippen LogP contribution in [0, 0.1) is 0 Å². The number of amides is 1. The number of nitrogens with zero attached hydrogens (tertiary/aromatic N) is 3. The van der Waals surface area contributed by atoms with Gasteiger partial charge in [-0.05, 0) is 44.0 Å². The molecule has 1 aromatic heterocycles. The molecule has 0 spiro atoms. The van der Waals surface area contributed by atoms with Crippen molar-refractivity contribution in [3.63, 3.8) is 0 Å². The fourth-order valence-corrected chi connectivity index (χ4v) is 6.68. The van der Waals surface area contributed by atoms with Crippen LogP contribution in [0.4, 0.5) is 0 Å². The van der Waals surface area contributed by atoms with Gasteiger partial charge in [-0.1, -0.05) is 38.0 Å². The molecule has 0 saturated heterocycles. The fraction of sp³-hybridized carbons (Fsp3) is 0.444. The molecule has 0 aliphatic carbocycles. The normalized spacial score (nSPS) is 13.4. The van der Waals surface area contributed by atoms with Crippen molar-refractivity contribution in [2.24, 2.45) is 4.99 Å². The Hall–Kier alpha value is -3.22. The minimum atomic E-state index is -3.68. The molecule has 1 aliphatic rings. The van der Waals surface area contributed by atoms with Gasteiger partial charge in [-0.25, -0.2) is 8.42 Å². The smallest absolute Gasteiger partial charge is 0.326 e. The summed E-state index contributed by atoms with van der Waals surface area (Å²) in [6, 6.07) is 9.36. The number of thiazole rings is 1. The summed E-state index contributed by atoms with van der Waals surface area (Å²) in [6.45, 7) is 6.89. The molecule has 1 aliphatic heterocycles. The number of carbonyl (C=O) groups excluding carboxylic acids is 2. The lowest BCUT2D eigenvalue weighted by Gasteiger charge is -2.22. The summed E-state index contributed by atoms with van der Waals surface area (Å²) in [5, 5.41) is 0. The highest BCUT2D eigenvalue weighted by atomic mass is 32.2. The first-order chi connectivity index (χ1) is 18.8. The van der Waals surface area contributed by atoms with Crippen LogP contribution in [0.3, 0.4) is 0 Å². The predicted octanol–water partition coefficient (Wildman–Crippen LogP) is 4.33. The number of aromatic nitrogens is 1. The third-order valence-corrected chi connectivity index (χ3v) is 9.18. The highest BCUT2D eigenvalue weighted by molar-refractivity contribution is 7.89. The van der Waals surface area contributed by atoms with Crippen molar-refractivity contribution in [1.29, 1.82) is 0 Å². The van der Waals surface area contributed by atoms with Gasteiger partial charge in [-0.15, -0.1) is 0 Å². The lowest BCUT2D eigenvalue weighted by Crippen LogP contribution is -2.33. The quantitative estimate of drug-likeness (QED) is 0.295. The van der Waals surface area contributed by atoms with E-state index in [1.165, 1.54) is 39.9 Å². The Morgan fingerprint density at radius 1 is 1.03 bits per heavy atom. The van der Waals surface area contributed by atoms with Crippen molar-refractivity contribution in [2.45, 2.75) is 57.9 Å². The van der Waals surface area contributed by atoms with Gasteiger partial charge in [0.1, 0.15) is 6.54 Å². The van der Waals surface area contributed by atoms with Gasteiger partial charge in [0.25, 0.3) is 5.91 Å². The van der Waals surface area contributed by atoms with Crippen LogP contribution in [0.25, 0.3) is 10.2 Å². The number of rotatable bonds is 12. The minimum Gasteiger partial charge on any atom is -0.465 e. The first-order valence-corrected chi connectivity index (χ1v) is 15.3. The number of fused-ring (bicyclic) bond motifs is 2. The molecule has 0 N–H and O–H groups in total. The second-order valence-electron chi connectivity index (χ2n) is 9.00. The summed E-state index contributed by atoms with van der Waals surface area (Å²) < 4.78 is 46.4. The topological polar surface area (TPSA) is 117 Å². The largest absolute Gasteiger partial charge is 0.465 e. The second kappa shape index (κ2) is 12.8. The number of hydrogen-bond acceptors (Lipinski definition) is 8. The molecule has 12 heteroatoms. The number of sulfonamides is 1. The molecular weight excluding hydrogens is 542 g/mol. The van der Waals surface area contributed by atoms with Crippen LogP contribution in [0.2, 0.25) is 0 Å². The lowest BCUT2D eigenvalue weighted by atomic mass is 10.2. The van der Waals surface area contributed by atoms with Gasteiger partial charge in [0, 0.05) is 30.8 Å². The number of carbonyl (C=O) groups is 2. The van der Waals surface area contributed by atoms with Crippen LogP contribution in [-0.2, 0) is 26.1 Å². The zero-order chi connectivity index (χ0) is 28.0. The van der Waals surface area contributed by atoms with E-state index >= 15 is 0 Å². The SMILES string of the molecule is CCCCN(CCCC)S(=O)(=O)c1ccc(C(=O)N=c2sc3cc4c(cc3n2CC(=O)OCC)OCO4)cc1. The van der Waals surface area contributed by atoms with Crippen LogP contribution in [0.1, 0.15) is 56.8 Å². The van der Waals surface area contributed by atoms with Crippen LogP contribution >= 0.6 is 11.3 Å². The molecule has 3 aromatic rings. The van der Waals surface area contributed by atoms with Gasteiger partial charge in [0.2, 0.25) is 16.8 Å². The molecule has 0 bridgehead atoms. The van der Waals surface area contributed by atoms with Gasteiger partial charge >= 0.3 is 5.97 Å². The maximum absolute atomic E-state index is 13.3. The average molecular weight is 576 g/mol. The molecule has 210 valence electrons. The molecule has 0 saturated carbocycles. The molecule has 39 heavy (non-hydrogen) atoms. The van der Waals surface area contributed by atoms with E-state index in [-0.39, 0.29) is 30.4 Å². The molecule has 0 fully saturated rings. The van der Waals surface area contributed by atoms with Crippen molar-refractivity contribution in [1.82, 2.24) is 8.87 Å². The lowest BCUT2D eigenvalue weighted by molar-refractivity contribution is -0.143. The molecular formula is C27H33N3O7S2. The van der Waals surface area contributed by atoms with Crippen molar-refractivity contribution in [3.05, 3.63) is 46.8 Å². The van der Waals surface area contributed by atoms with Crippen molar-refractivity contribution in [2.75, 3.05) is 26.5 Å². The molecule has 2 aromatic carbocycles. The first-order valence-electron chi connectivity index (χ1n) is 13.1. The van der Waals surface area contributed by atoms with Crippen molar-refractivity contribution >= 4 is 43.5 Å². The van der Waals surface area contributed by atoms with Crippen molar-refractivity contribution < 1.29 is 32.2 Å². The number of ether oxygens (including phenoxy) is 3. The second-order valence-corrected chi connectivity index (χ2v) is 11.9. The highest BCUT2D eigenvalue weighted by Crippen LogP contribution is 2.37. The van der Waals surface area contributed by atoms with Crippen LogP contribution in [-0.4, -0.2) is 55.7 Å². The summed E-state index contributed by atoms with van der Waals surface area (Å²) in [6.07, 6.45) is 3.34. The Labute approximate surface area is 231 Å². The van der Waals surface area contributed by atoms with Gasteiger partial charge in [-0.3, -0.25) is 9.59 Å². The van der Waals surface area contributed by atoms with E-state index in [2.05, 4.69) is 4.99 Å². The summed E-state index contributed by atoms with van der Waals surface area (Å²) in [5.41, 5.74) is 0.890. The van der Waals surface area contributed by atoms with E-state index in [0.29, 0.717) is 34.9 Å². The number of esters is 1. The van der Waals surface area contributed by atoms with Crippen LogP contribution in [0.5, 0.6) is 11.5 Å². The van der Waals surface area contributed by atoms with E-state index < -0.39 is 21.9 Å². The Morgan fingerprint density at radius 3 is 2.28 bits per heavy atom. The minimum absolute atomic E-state index is 0.112. The van der Waals surface area contributed by atoms with Gasteiger partial charge in [0.15, 0.2) is 16.3 Å². The fourth-order valence-electron chi connectivity index (χ4n) is 4.12. The number of unbranched alkanes of at least 4 members (excludes halogenated alkanes) is 2. The van der Waals surface area contributed by atoms with E-state index in [1.807, 2.05) is 13.8 Å². The van der Waals surface area contributed by atoms with E-state index in [0.717, 1.165) is 30.4 Å². The zero-order valence-electron chi connectivity index (χ0n) is 22.3. The molecule has 0 radical (unpaired) electrons. The number of hydrogen-bond donors (Lipinski definition) is 0. The molecule has 1 amide bonds.